The average molecular weight is 372 g/mol. The number of carboxylic acids is 1. The van der Waals surface area contributed by atoms with Crippen LogP contribution in [-0.2, 0) is 4.79 Å². The molecule has 3 N–H and O–H groups in total. The highest BCUT2D eigenvalue weighted by Crippen LogP contribution is 2.51. The van der Waals surface area contributed by atoms with Crippen LogP contribution in [0, 0.1) is 0 Å². The number of aromatic hydroxyl groups is 1. The van der Waals surface area contributed by atoms with Crippen LogP contribution in [0.3, 0.4) is 0 Å². The molecule has 1 heterocycles. The minimum absolute atomic E-state index is 0.0102. The smallest absolute Gasteiger partial charge is 0.328 e. The molecular weight excluding hydrogens is 352 g/mol. The molecule has 0 amide bonds. The summed E-state index contributed by atoms with van der Waals surface area (Å²) < 4.78 is 16.6. The summed E-state index contributed by atoms with van der Waals surface area (Å²) in [5.41, 5.74) is 2.07. The van der Waals surface area contributed by atoms with E-state index in [0.29, 0.717) is 22.8 Å². The first-order valence-electron chi connectivity index (χ1n) is 8.25. The van der Waals surface area contributed by atoms with Crippen molar-refractivity contribution in [2.24, 2.45) is 0 Å². The van der Waals surface area contributed by atoms with Crippen molar-refractivity contribution < 1.29 is 34.3 Å². The Balaban J connectivity index is 2.04. The number of rotatable bonds is 6. The van der Waals surface area contributed by atoms with E-state index in [1.807, 2.05) is 0 Å². The van der Waals surface area contributed by atoms with Gasteiger partial charge >= 0.3 is 5.97 Å². The number of ether oxygens (including phenoxy) is 3. The molecule has 7 nitrogen and oxygen atoms in total. The van der Waals surface area contributed by atoms with Crippen molar-refractivity contribution in [1.82, 2.24) is 0 Å². The molecule has 142 valence electrons. The third-order valence-corrected chi connectivity index (χ3v) is 4.48. The lowest BCUT2D eigenvalue weighted by Crippen LogP contribution is -2.13. The van der Waals surface area contributed by atoms with Crippen LogP contribution in [0.1, 0.15) is 28.7 Å². The summed E-state index contributed by atoms with van der Waals surface area (Å²) in [5.74, 6) is -0.179. The number of phenolic OH excluding ortho intramolecular Hbond substituents is 1. The second kappa shape index (κ2) is 7.59. The third kappa shape index (κ3) is 3.54. The number of fused-ring (bicyclic) bond motifs is 1. The first kappa shape index (κ1) is 18.6. The summed E-state index contributed by atoms with van der Waals surface area (Å²) in [7, 11) is 2.95. The molecule has 2 aromatic rings. The monoisotopic (exact) mass is 372 g/mol. The van der Waals surface area contributed by atoms with Crippen molar-refractivity contribution in [3.05, 3.63) is 53.1 Å². The Bertz CT molecular complexity index is 888. The van der Waals surface area contributed by atoms with Crippen LogP contribution in [0.25, 0.3) is 6.08 Å². The summed E-state index contributed by atoms with van der Waals surface area (Å²) in [4.78, 5) is 10.8. The summed E-state index contributed by atoms with van der Waals surface area (Å²) in [6.45, 7) is -0.184. The largest absolute Gasteiger partial charge is 0.504 e. The number of carboxylic acid groups (broad SMARTS) is 1. The molecule has 1 aliphatic heterocycles. The number of hydrogen-bond donors (Lipinski definition) is 3. The van der Waals surface area contributed by atoms with E-state index in [1.165, 1.54) is 26.4 Å². The van der Waals surface area contributed by atoms with Gasteiger partial charge in [-0.1, -0.05) is 6.07 Å². The molecule has 27 heavy (non-hydrogen) atoms. The normalized spacial score (nSPS) is 18.2. The zero-order valence-electron chi connectivity index (χ0n) is 14.9. The van der Waals surface area contributed by atoms with Gasteiger partial charge in [0.25, 0.3) is 0 Å². The molecule has 0 bridgehead atoms. The number of aliphatic carboxylic acids is 1. The van der Waals surface area contributed by atoms with Crippen molar-refractivity contribution in [1.29, 1.82) is 0 Å². The first-order valence-corrected chi connectivity index (χ1v) is 8.25. The Labute approximate surface area is 156 Å². The molecule has 0 saturated heterocycles. The topological polar surface area (TPSA) is 105 Å². The van der Waals surface area contributed by atoms with Gasteiger partial charge in [0, 0.05) is 11.6 Å². The second-order valence-corrected chi connectivity index (χ2v) is 6.07. The van der Waals surface area contributed by atoms with Crippen molar-refractivity contribution in [2.75, 3.05) is 20.8 Å². The molecule has 2 atom stereocenters. The SMILES string of the molecule is COc1cc([C@H]2Oc3c(OC)cc(/C=C/C(=O)O)cc3[C@H]2CO)ccc1O. The highest BCUT2D eigenvalue weighted by Gasteiger charge is 2.37. The molecule has 7 heteroatoms. The molecule has 0 aromatic heterocycles. The summed E-state index contributed by atoms with van der Waals surface area (Å²) in [6, 6.07) is 8.32. The zero-order chi connectivity index (χ0) is 19.6. The lowest BCUT2D eigenvalue weighted by molar-refractivity contribution is -0.131. The van der Waals surface area contributed by atoms with E-state index in [-0.39, 0.29) is 18.3 Å². The summed E-state index contributed by atoms with van der Waals surface area (Å²) in [5, 5.41) is 28.6. The molecule has 0 unspecified atom stereocenters. The number of carbonyl (C=O) groups is 1. The van der Waals surface area contributed by atoms with E-state index in [0.717, 1.165) is 17.2 Å². The van der Waals surface area contributed by atoms with Gasteiger partial charge in [-0.3, -0.25) is 0 Å². The Hall–Kier alpha value is -3.19. The minimum Gasteiger partial charge on any atom is -0.504 e. The molecule has 0 saturated carbocycles. The van der Waals surface area contributed by atoms with Crippen LogP contribution < -0.4 is 14.2 Å². The van der Waals surface area contributed by atoms with Crippen molar-refractivity contribution >= 4 is 12.0 Å². The molecule has 1 aliphatic rings. The van der Waals surface area contributed by atoms with E-state index >= 15 is 0 Å². The van der Waals surface area contributed by atoms with E-state index in [9.17, 15) is 15.0 Å². The number of benzene rings is 2. The number of phenols is 1. The number of aliphatic hydroxyl groups excluding tert-OH is 1. The Kier molecular flexibility index (Phi) is 5.23. The van der Waals surface area contributed by atoms with Gasteiger partial charge in [0.15, 0.2) is 23.0 Å². The van der Waals surface area contributed by atoms with Crippen LogP contribution >= 0.6 is 0 Å². The molecule has 2 aromatic carbocycles. The Morgan fingerprint density at radius 1 is 1.19 bits per heavy atom. The van der Waals surface area contributed by atoms with Crippen molar-refractivity contribution in [3.63, 3.8) is 0 Å². The lowest BCUT2D eigenvalue weighted by Gasteiger charge is -2.18. The summed E-state index contributed by atoms with van der Waals surface area (Å²) >= 11 is 0. The predicted octanol–water partition coefficient (Wildman–Crippen LogP) is 2.72. The van der Waals surface area contributed by atoms with Gasteiger partial charge in [-0.2, -0.15) is 0 Å². The Morgan fingerprint density at radius 2 is 1.93 bits per heavy atom. The van der Waals surface area contributed by atoms with Gasteiger partial charge < -0.3 is 29.5 Å². The van der Waals surface area contributed by atoms with Gasteiger partial charge in [0.2, 0.25) is 0 Å². The van der Waals surface area contributed by atoms with Gasteiger partial charge in [-0.05, 0) is 41.5 Å². The highest BCUT2D eigenvalue weighted by atomic mass is 16.5. The average Bonchev–Trinajstić information content (AvgIpc) is 3.04. The highest BCUT2D eigenvalue weighted by molar-refractivity contribution is 5.85. The second-order valence-electron chi connectivity index (χ2n) is 6.07. The van der Waals surface area contributed by atoms with Crippen molar-refractivity contribution in [2.45, 2.75) is 12.0 Å². The van der Waals surface area contributed by atoms with Crippen LogP contribution in [0.2, 0.25) is 0 Å². The van der Waals surface area contributed by atoms with Crippen LogP contribution in [0.4, 0.5) is 0 Å². The van der Waals surface area contributed by atoms with Crippen LogP contribution in [0.5, 0.6) is 23.0 Å². The summed E-state index contributed by atoms with van der Waals surface area (Å²) in [6.07, 6.45) is 1.98. The van der Waals surface area contributed by atoms with E-state index < -0.39 is 12.1 Å². The predicted molar refractivity (Wildman–Crippen MR) is 97.5 cm³/mol. The molecule has 0 spiro atoms. The number of methoxy groups -OCH3 is 2. The van der Waals surface area contributed by atoms with E-state index in [2.05, 4.69) is 0 Å². The molecule has 0 aliphatic carbocycles. The maximum atomic E-state index is 10.8. The van der Waals surface area contributed by atoms with E-state index in [1.54, 1.807) is 24.3 Å². The van der Waals surface area contributed by atoms with E-state index in [4.69, 9.17) is 19.3 Å². The maximum absolute atomic E-state index is 10.8. The third-order valence-electron chi connectivity index (χ3n) is 4.48. The van der Waals surface area contributed by atoms with Gasteiger partial charge in [-0.15, -0.1) is 0 Å². The zero-order valence-corrected chi connectivity index (χ0v) is 14.9. The lowest BCUT2D eigenvalue weighted by atomic mass is 9.90. The van der Waals surface area contributed by atoms with Crippen LogP contribution in [-0.4, -0.2) is 42.1 Å². The first-order chi connectivity index (χ1) is 13.0. The fourth-order valence-corrected chi connectivity index (χ4v) is 3.20. The van der Waals surface area contributed by atoms with Crippen molar-refractivity contribution in [3.8, 4) is 23.0 Å². The maximum Gasteiger partial charge on any atom is 0.328 e. The van der Waals surface area contributed by atoms with Crippen LogP contribution in [0.15, 0.2) is 36.4 Å². The van der Waals surface area contributed by atoms with Gasteiger partial charge in [-0.25, -0.2) is 4.79 Å². The molecule has 0 fully saturated rings. The fourth-order valence-electron chi connectivity index (χ4n) is 3.20. The molecule has 0 radical (unpaired) electrons. The number of hydrogen-bond acceptors (Lipinski definition) is 6. The quantitative estimate of drug-likeness (QED) is 0.670. The number of aliphatic hydroxyl groups is 1. The Morgan fingerprint density at radius 3 is 2.56 bits per heavy atom. The molecule has 3 rings (SSSR count). The standard InChI is InChI=1S/C20H20O7/c1-25-16-9-12(4-5-15(16)22)19-14(10-21)13-7-11(3-6-18(23)24)8-17(26-2)20(13)27-19/h3-9,14,19,21-22H,10H2,1-2H3,(H,23,24)/b6-3+/t14-,19-/m1/s1. The van der Waals surface area contributed by atoms with Gasteiger partial charge in [0.05, 0.1) is 26.7 Å². The minimum atomic E-state index is -1.06. The molecular formula is C20H20O7. The fraction of sp³-hybridized carbons (Fsp3) is 0.250. The van der Waals surface area contributed by atoms with Gasteiger partial charge in [0.1, 0.15) is 6.10 Å².